The van der Waals surface area contributed by atoms with Gasteiger partial charge in [-0.25, -0.2) is 13.2 Å². The van der Waals surface area contributed by atoms with Gasteiger partial charge in [-0.15, -0.1) is 11.3 Å². The zero-order chi connectivity index (χ0) is 15.6. The first-order valence-corrected chi connectivity index (χ1v) is 9.01. The third-order valence-electron chi connectivity index (χ3n) is 3.01. The first-order chi connectivity index (χ1) is 9.83. The second-order valence-electron chi connectivity index (χ2n) is 4.44. The van der Waals surface area contributed by atoms with E-state index in [0.29, 0.717) is 21.2 Å². The van der Waals surface area contributed by atoms with Crippen LogP contribution < -0.4 is 0 Å². The van der Waals surface area contributed by atoms with Gasteiger partial charge in [0, 0.05) is 4.88 Å². The number of carbonyl (C=O) groups is 1. The summed E-state index contributed by atoms with van der Waals surface area (Å²) in [4.78, 5) is 11.8. The van der Waals surface area contributed by atoms with Crippen molar-refractivity contribution in [3.63, 3.8) is 0 Å². The van der Waals surface area contributed by atoms with Gasteiger partial charge in [0.25, 0.3) is 0 Å². The summed E-state index contributed by atoms with van der Waals surface area (Å²) in [6, 6.07) is 7.53. The SMILES string of the molecule is CCc1ccc(S(=O)(=O)Cc2ccc(Cl)s2)cc1C(=O)O. The number of rotatable bonds is 5. The second-order valence-corrected chi connectivity index (χ2v) is 8.23. The van der Waals surface area contributed by atoms with Crippen LogP contribution in [-0.4, -0.2) is 19.5 Å². The maximum Gasteiger partial charge on any atom is 0.336 e. The molecule has 0 aliphatic heterocycles. The summed E-state index contributed by atoms with van der Waals surface area (Å²) in [5.74, 6) is -1.31. The monoisotopic (exact) mass is 344 g/mol. The van der Waals surface area contributed by atoms with Gasteiger partial charge in [0.1, 0.15) is 0 Å². The van der Waals surface area contributed by atoms with E-state index < -0.39 is 15.8 Å². The molecule has 1 heterocycles. The lowest BCUT2D eigenvalue weighted by Gasteiger charge is -2.08. The highest BCUT2D eigenvalue weighted by molar-refractivity contribution is 7.90. The number of hydrogen-bond acceptors (Lipinski definition) is 4. The smallest absolute Gasteiger partial charge is 0.336 e. The van der Waals surface area contributed by atoms with Crippen molar-refractivity contribution in [1.29, 1.82) is 0 Å². The number of carboxylic acids is 1. The molecule has 2 rings (SSSR count). The highest BCUT2D eigenvalue weighted by Gasteiger charge is 2.20. The Balaban J connectivity index is 2.40. The molecule has 1 aromatic carbocycles. The number of aromatic carboxylic acids is 1. The molecule has 2 aromatic rings. The Kier molecular flexibility index (Phi) is 4.70. The number of halogens is 1. The van der Waals surface area contributed by atoms with Crippen LogP contribution in [0.2, 0.25) is 4.34 Å². The van der Waals surface area contributed by atoms with Gasteiger partial charge in [-0.2, -0.15) is 0 Å². The second kappa shape index (κ2) is 6.17. The van der Waals surface area contributed by atoms with Crippen LogP contribution in [0.15, 0.2) is 35.2 Å². The van der Waals surface area contributed by atoms with Crippen LogP contribution in [0, 0.1) is 0 Å². The minimum absolute atomic E-state index is 0.0154. The molecule has 0 bridgehead atoms. The van der Waals surface area contributed by atoms with E-state index in [1.807, 2.05) is 6.92 Å². The Hall–Kier alpha value is -1.37. The molecule has 4 nitrogen and oxygen atoms in total. The van der Waals surface area contributed by atoms with Crippen LogP contribution in [-0.2, 0) is 22.0 Å². The molecule has 0 saturated carbocycles. The zero-order valence-electron chi connectivity index (χ0n) is 11.2. The summed E-state index contributed by atoms with van der Waals surface area (Å²) in [7, 11) is -3.59. The topological polar surface area (TPSA) is 71.4 Å². The molecule has 0 atom stereocenters. The summed E-state index contributed by atoms with van der Waals surface area (Å²) in [5, 5.41) is 9.17. The van der Waals surface area contributed by atoms with E-state index in [2.05, 4.69) is 0 Å². The predicted molar refractivity (Wildman–Crippen MR) is 83.0 cm³/mol. The molecule has 0 saturated heterocycles. The molecule has 1 N–H and O–H groups in total. The largest absolute Gasteiger partial charge is 0.478 e. The van der Waals surface area contributed by atoms with Crippen molar-refractivity contribution in [2.45, 2.75) is 24.0 Å². The number of carboxylic acid groups (broad SMARTS) is 1. The molecule has 21 heavy (non-hydrogen) atoms. The number of sulfone groups is 1. The number of aryl methyl sites for hydroxylation is 1. The normalized spacial score (nSPS) is 11.5. The lowest BCUT2D eigenvalue weighted by molar-refractivity contribution is 0.0695. The van der Waals surface area contributed by atoms with Crippen molar-refractivity contribution in [3.8, 4) is 0 Å². The Labute approximate surface area is 131 Å². The summed E-state index contributed by atoms with van der Waals surface area (Å²) in [6.07, 6.45) is 0.530. The lowest BCUT2D eigenvalue weighted by atomic mass is 10.1. The standard InChI is InChI=1S/C14H13ClO4S2/c1-2-9-3-5-11(7-12(9)14(16)17)21(18,19)8-10-4-6-13(15)20-10/h3-7H,2,8H2,1H3,(H,16,17). The van der Waals surface area contributed by atoms with Crippen LogP contribution in [0.25, 0.3) is 0 Å². The Morgan fingerprint density at radius 3 is 2.52 bits per heavy atom. The van der Waals surface area contributed by atoms with Gasteiger partial charge in [-0.1, -0.05) is 24.6 Å². The molecule has 0 unspecified atom stereocenters. The summed E-state index contributed by atoms with van der Waals surface area (Å²) < 4.78 is 25.2. The fraction of sp³-hybridized carbons (Fsp3) is 0.214. The third-order valence-corrected chi connectivity index (χ3v) is 6.09. The number of thiophene rings is 1. The van der Waals surface area contributed by atoms with E-state index >= 15 is 0 Å². The molecule has 7 heteroatoms. The summed E-state index contributed by atoms with van der Waals surface area (Å²) >= 11 is 6.98. The van der Waals surface area contributed by atoms with E-state index in [9.17, 15) is 13.2 Å². The highest BCUT2D eigenvalue weighted by Crippen LogP contribution is 2.26. The summed E-state index contributed by atoms with van der Waals surface area (Å²) in [5.41, 5.74) is 0.642. The van der Waals surface area contributed by atoms with E-state index in [1.165, 1.54) is 23.5 Å². The van der Waals surface area contributed by atoms with E-state index in [4.69, 9.17) is 16.7 Å². The maximum absolute atomic E-state index is 12.4. The number of hydrogen-bond donors (Lipinski definition) is 1. The van der Waals surface area contributed by atoms with E-state index in [-0.39, 0.29) is 16.2 Å². The molecule has 112 valence electrons. The molecular weight excluding hydrogens is 332 g/mol. The van der Waals surface area contributed by atoms with Crippen LogP contribution in [0.3, 0.4) is 0 Å². The lowest BCUT2D eigenvalue weighted by Crippen LogP contribution is -2.08. The van der Waals surface area contributed by atoms with Gasteiger partial charge in [0.2, 0.25) is 0 Å². The first-order valence-electron chi connectivity index (χ1n) is 6.16. The molecule has 0 spiro atoms. The average molecular weight is 345 g/mol. The van der Waals surface area contributed by atoms with Gasteiger partial charge in [0.05, 0.1) is 20.5 Å². The Morgan fingerprint density at radius 2 is 2.00 bits per heavy atom. The fourth-order valence-electron chi connectivity index (χ4n) is 1.96. The zero-order valence-corrected chi connectivity index (χ0v) is 13.6. The molecule has 0 aliphatic carbocycles. The van der Waals surface area contributed by atoms with Gasteiger partial charge < -0.3 is 5.11 Å². The molecule has 0 amide bonds. The van der Waals surface area contributed by atoms with E-state index in [0.717, 1.165) is 0 Å². The first kappa shape index (κ1) is 16.0. The fourth-order valence-corrected chi connectivity index (χ4v) is 4.75. The Morgan fingerprint density at radius 1 is 1.29 bits per heavy atom. The van der Waals surface area contributed by atoms with Crippen molar-refractivity contribution < 1.29 is 18.3 Å². The maximum atomic E-state index is 12.4. The van der Waals surface area contributed by atoms with Gasteiger partial charge in [0.15, 0.2) is 9.84 Å². The molecule has 0 aliphatic rings. The minimum atomic E-state index is -3.59. The molecule has 0 radical (unpaired) electrons. The minimum Gasteiger partial charge on any atom is -0.478 e. The van der Waals surface area contributed by atoms with Crippen molar-refractivity contribution in [3.05, 3.63) is 50.7 Å². The van der Waals surface area contributed by atoms with Crippen LogP contribution in [0.5, 0.6) is 0 Å². The van der Waals surface area contributed by atoms with Crippen molar-refractivity contribution in [2.75, 3.05) is 0 Å². The van der Waals surface area contributed by atoms with Gasteiger partial charge in [-0.05, 0) is 36.2 Å². The quantitative estimate of drug-likeness (QED) is 0.898. The number of benzene rings is 1. The molecular formula is C14H13ClO4S2. The average Bonchev–Trinajstić information content (AvgIpc) is 2.82. The molecule has 0 fully saturated rings. The van der Waals surface area contributed by atoms with Crippen molar-refractivity contribution >= 4 is 38.7 Å². The van der Waals surface area contributed by atoms with Crippen LogP contribution in [0.4, 0.5) is 0 Å². The van der Waals surface area contributed by atoms with Crippen molar-refractivity contribution in [1.82, 2.24) is 0 Å². The highest BCUT2D eigenvalue weighted by atomic mass is 35.5. The van der Waals surface area contributed by atoms with Crippen LogP contribution in [0.1, 0.15) is 27.7 Å². The Bertz CT molecular complexity index is 778. The third kappa shape index (κ3) is 3.64. The summed E-state index contributed by atoms with van der Waals surface area (Å²) in [6.45, 7) is 1.82. The van der Waals surface area contributed by atoms with Crippen molar-refractivity contribution in [2.24, 2.45) is 0 Å². The van der Waals surface area contributed by atoms with Crippen LogP contribution >= 0.6 is 22.9 Å². The van der Waals surface area contributed by atoms with Gasteiger partial charge >= 0.3 is 5.97 Å². The van der Waals surface area contributed by atoms with E-state index in [1.54, 1.807) is 18.2 Å². The predicted octanol–water partition coefficient (Wildman–Crippen LogP) is 3.64. The molecule has 1 aromatic heterocycles. The van der Waals surface area contributed by atoms with Gasteiger partial charge in [-0.3, -0.25) is 0 Å².